The zero-order chi connectivity index (χ0) is 21.2. The summed E-state index contributed by atoms with van der Waals surface area (Å²) in [7, 11) is -4.96. The highest BCUT2D eigenvalue weighted by atomic mass is 32.2. The summed E-state index contributed by atoms with van der Waals surface area (Å²) in [5.74, 6) is -0.623. The maximum Gasteiger partial charge on any atom is 0.263 e. The Kier molecular flexibility index (Phi) is 6.23. The van der Waals surface area contributed by atoms with Crippen LogP contribution in [0.1, 0.15) is 26.7 Å². The summed E-state index contributed by atoms with van der Waals surface area (Å²) in [6, 6.07) is 5.43. The molecule has 0 aliphatic carbocycles. The number of pyridine rings is 1. The minimum atomic E-state index is -4.05. The Bertz CT molecular complexity index is 990. The second-order valence-corrected chi connectivity index (χ2v) is 10.6. The molecule has 1 aromatic heterocycles. The lowest BCUT2D eigenvalue weighted by atomic mass is 10.0. The van der Waals surface area contributed by atoms with Crippen LogP contribution < -0.4 is 9.62 Å². The van der Waals surface area contributed by atoms with E-state index in [1.54, 1.807) is 6.07 Å². The fraction of sp³-hybridized carbons (Fsp3) is 0.421. The summed E-state index contributed by atoms with van der Waals surface area (Å²) in [6.45, 7) is 5.21. The van der Waals surface area contributed by atoms with Crippen molar-refractivity contribution in [2.45, 2.75) is 36.3 Å². The molecule has 1 fully saturated rings. The van der Waals surface area contributed by atoms with Gasteiger partial charge in [-0.25, -0.2) is 22.2 Å². The smallest absolute Gasteiger partial charge is 0.263 e. The number of rotatable bonds is 6. The molecule has 0 radical (unpaired) electrons. The van der Waals surface area contributed by atoms with Crippen molar-refractivity contribution in [1.82, 2.24) is 4.98 Å². The van der Waals surface area contributed by atoms with E-state index in [1.807, 2.05) is 18.7 Å². The molecule has 3 rings (SSSR count). The van der Waals surface area contributed by atoms with Crippen LogP contribution in [0, 0.1) is 11.6 Å². The van der Waals surface area contributed by atoms with Crippen molar-refractivity contribution in [1.29, 1.82) is 0 Å². The van der Waals surface area contributed by atoms with E-state index in [9.17, 15) is 21.4 Å². The zero-order valence-corrected chi connectivity index (χ0v) is 17.8. The number of benzene rings is 1. The number of nitrogens with one attached hydrogen (secondary N) is 1. The fourth-order valence-corrected chi connectivity index (χ4v) is 6.19. The SMILES string of the molecule is CCC1(CC)CN(c2ccc(S(=O)(=O)Nc3cc(F)cc(F)c3)cn2)CCS1=O. The van der Waals surface area contributed by atoms with Crippen LogP contribution in [0.15, 0.2) is 41.4 Å². The van der Waals surface area contributed by atoms with Crippen LogP contribution in [-0.4, -0.2) is 41.2 Å². The molecule has 2 heterocycles. The van der Waals surface area contributed by atoms with Gasteiger partial charge >= 0.3 is 0 Å². The van der Waals surface area contributed by atoms with Gasteiger partial charge in [0, 0.05) is 41.9 Å². The number of nitrogens with zero attached hydrogens (tertiary/aromatic N) is 2. The largest absolute Gasteiger partial charge is 0.354 e. The first kappa shape index (κ1) is 21.6. The summed E-state index contributed by atoms with van der Waals surface area (Å²) in [5, 5.41) is 0. The molecule has 1 unspecified atom stereocenters. The van der Waals surface area contributed by atoms with Gasteiger partial charge in [-0.15, -0.1) is 0 Å². The average molecular weight is 444 g/mol. The molecule has 2 aromatic rings. The Morgan fingerprint density at radius 3 is 2.38 bits per heavy atom. The van der Waals surface area contributed by atoms with E-state index in [2.05, 4.69) is 9.71 Å². The Labute approximate surface area is 171 Å². The molecular weight excluding hydrogens is 420 g/mol. The second kappa shape index (κ2) is 8.35. The highest BCUT2D eigenvalue weighted by Gasteiger charge is 2.39. The molecule has 1 aliphatic rings. The first-order valence-electron chi connectivity index (χ1n) is 9.27. The molecule has 10 heteroatoms. The molecule has 0 bridgehead atoms. The molecule has 1 saturated heterocycles. The van der Waals surface area contributed by atoms with Crippen LogP contribution in [0.4, 0.5) is 20.3 Å². The number of aromatic nitrogens is 1. The van der Waals surface area contributed by atoms with Gasteiger partial charge < -0.3 is 4.90 Å². The van der Waals surface area contributed by atoms with Gasteiger partial charge in [0.1, 0.15) is 22.3 Å². The van der Waals surface area contributed by atoms with E-state index < -0.39 is 32.5 Å². The van der Waals surface area contributed by atoms with Gasteiger partial charge in [-0.1, -0.05) is 13.8 Å². The highest BCUT2D eigenvalue weighted by molar-refractivity contribution is 7.92. The van der Waals surface area contributed by atoms with Crippen LogP contribution in [0.2, 0.25) is 0 Å². The van der Waals surface area contributed by atoms with E-state index in [0.717, 1.165) is 25.0 Å². The van der Waals surface area contributed by atoms with Crippen molar-refractivity contribution in [3.05, 3.63) is 48.2 Å². The summed E-state index contributed by atoms with van der Waals surface area (Å²) in [6.07, 6.45) is 2.78. The number of anilines is 2. The maximum absolute atomic E-state index is 13.3. The van der Waals surface area contributed by atoms with E-state index in [4.69, 9.17) is 0 Å². The van der Waals surface area contributed by atoms with Crippen LogP contribution in [0.3, 0.4) is 0 Å². The average Bonchev–Trinajstić information content (AvgIpc) is 2.67. The van der Waals surface area contributed by atoms with Gasteiger partial charge in [-0.2, -0.15) is 0 Å². The van der Waals surface area contributed by atoms with Gasteiger partial charge in [0.2, 0.25) is 0 Å². The summed E-state index contributed by atoms with van der Waals surface area (Å²) in [5.41, 5.74) is -0.208. The maximum atomic E-state index is 13.3. The lowest BCUT2D eigenvalue weighted by molar-refractivity contribution is 0.494. The van der Waals surface area contributed by atoms with Crippen molar-refractivity contribution in [3.63, 3.8) is 0 Å². The third-order valence-electron chi connectivity index (χ3n) is 5.27. The fourth-order valence-electron chi connectivity index (χ4n) is 3.44. The van der Waals surface area contributed by atoms with Crippen LogP contribution in [0.25, 0.3) is 0 Å². The van der Waals surface area contributed by atoms with Gasteiger partial charge in [0.25, 0.3) is 10.0 Å². The molecule has 1 N–H and O–H groups in total. The predicted molar refractivity (Wildman–Crippen MR) is 110 cm³/mol. The van der Waals surface area contributed by atoms with Gasteiger partial charge in [-0.05, 0) is 37.1 Å². The van der Waals surface area contributed by atoms with Crippen molar-refractivity contribution in [3.8, 4) is 0 Å². The van der Waals surface area contributed by atoms with Crippen molar-refractivity contribution < 1.29 is 21.4 Å². The molecule has 0 amide bonds. The molecule has 0 spiro atoms. The minimum absolute atomic E-state index is 0.122. The Morgan fingerprint density at radius 2 is 1.83 bits per heavy atom. The molecule has 1 atom stereocenters. The number of halogens is 2. The molecule has 1 aromatic carbocycles. The number of hydrogen-bond donors (Lipinski definition) is 1. The predicted octanol–water partition coefficient (Wildman–Crippen LogP) is 3.29. The van der Waals surface area contributed by atoms with E-state index in [1.165, 1.54) is 12.3 Å². The van der Waals surface area contributed by atoms with E-state index >= 15 is 0 Å². The first-order valence-corrected chi connectivity index (χ1v) is 12.1. The topological polar surface area (TPSA) is 79.4 Å². The quantitative estimate of drug-likeness (QED) is 0.741. The molecule has 6 nitrogen and oxygen atoms in total. The van der Waals surface area contributed by atoms with Crippen molar-refractivity contribution in [2.24, 2.45) is 0 Å². The zero-order valence-electron chi connectivity index (χ0n) is 16.2. The normalized spacial score (nSPS) is 19.2. The summed E-state index contributed by atoms with van der Waals surface area (Å²) >= 11 is 0. The minimum Gasteiger partial charge on any atom is -0.354 e. The van der Waals surface area contributed by atoms with Crippen LogP contribution >= 0.6 is 0 Å². The monoisotopic (exact) mass is 443 g/mol. The second-order valence-electron chi connectivity index (χ2n) is 6.98. The lowest BCUT2D eigenvalue weighted by Crippen LogP contribution is -2.53. The first-order chi connectivity index (χ1) is 13.7. The summed E-state index contributed by atoms with van der Waals surface area (Å²) in [4.78, 5) is 6.16. The van der Waals surface area contributed by atoms with Crippen molar-refractivity contribution >= 4 is 32.3 Å². The molecule has 1 aliphatic heterocycles. The van der Waals surface area contributed by atoms with E-state index in [0.29, 0.717) is 30.7 Å². The van der Waals surface area contributed by atoms with Crippen LogP contribution in [-0.2, 0) is 20.8 Å². The summed E-state index contributed by atoms with van der Waals surface area (Å²) < 4.78 is 65.9. The number of sulfonamides is 1. The van der Waals surface area contributed by atoms with E-state index in [-0.39, 0.29) is 15.3 Å². The number of hydrogen-bond acceptors (Lipinski definition) is 5. The Morgan fingerprint density at radius 1 is 1.17 bits per heavy atom. The highest BCUT2D eigenvalue weighted by Crippen LogP contribution is 2.31. The Hall–Kier alpha value is -2.07. The Balaban J connectivity index is 1.80. The molecule has 158 valence electrons. The van der Waals surface area contributed by atoms with Crippen molar-refractivity contribution in [2.75, 3.05) is 28.5 Å². The van der Waals surface area contributed by atoms with Gasteiger partial charge in [0.15, 0.2) is 0 Å². The molecular formula is C19H23F2N3O3S2. The standard InChI is InChI=1S/C19H23F2N3O3S2/c1-3-19(4-2)13-24(7-8-28(19)25)18-6-5-17(12-22-18)29(26,27)23-16-10-14(20)9-15(21)11-16/h5-6,9-12,23H,3-4,7-8,13H2,1-2H3. The third kappa shape index (κ3) is 4.58. The molecule has 0 saturated carbocycles. The third-order valence-corrected chi connectivity index (χ3v) is 8.86. The van der Waals surface area contributed by atoms with Gasteiger partial charge in [-0.3, -0.25) is 8.93 Å². The van der Waals surface area contributed by atoms with Crippen LogP contribution in [0.5, 0.6) is 0 Å². The lowest BCUT2D eigenvalue weighted by Gasteiger charge is -2.41. The van der Waals surface area contributed by atoms with Gasteiger partial charge in [0.05, 0.1) is 10.4 Å². The molecule has 29 heavy (non-hydrogen) atoms.